The number of benzene rings is 2. The predicted octanol–water partition coefficient (Wildman–Crippen LogP) is 4.58. The van der Waals surface area contributed by atoms with Crippen LogP contribution in [0.2, 0.25) is 0 Å². The summed E-state index contributed by atoms with van der Waals surface area (Å²) in [6, 6.07) is 19.8. The summed E-state index contributed by atoms with van der Waals surface area (Å²) in [5.41, 5.74) is 3.64. The standard InChI is InChI=1S/C24H18FN3O2/c25-18-10-8-17(9-11-18)22-15-28-23(20(26-22)13-16-5-2-1-3-6-16)27-21(24(28)29)14-19-7-4-12-30-19/h1-12,15,26H,13-14H2. The van der Waals surface area contributed by atoms with Crippen LogP contribution in [0.15, 0.2) is 88.4 Å². The van der Waals surface area contributed by atoms with Gasteiger partial charge in [0.05, 0.1) is 24.1 Å². The molecule has 0 spiro atoms. The van der Waals surface area contributed by atoms with E-state index in [2.05, 4.69) is 9.97 Å². The molecule has 2 aliphatic rings. The molecule has 0 saturated carbocycles. The van der Waals surface area contributed by atoms with E-state index in [1.54, 1.807) is 35.2 Å². The van der Waals surface area contributed by atoms with Gasteiger partial charge < -0.3 is 9.40 Å². The second-order valence-corrected chi connectivity index (χ2v) is 7.13. The van der Waals surface area contributed by atoms with Crippen molar-refractivity contribution >= 4 is 0 Å². The molecule has 5 nitrogen and oxygen atoms in total. The van der Waals surface area contributed by atoms with Crippen LogP contribution in [0.5, 0.6) is 0 Å². The van der Waals surface area contributed by atoms with Gasteiger partial charge in [-0.25, -0.2) is 9.37 Å². The van der Waals surface area contributed by atoms with Gasteiger partial charge in [-0.15, -0.1) is 0 Å². The Balaban J connectivity index is 1.66. The van der Waals surface area contributed by atoms with E-state index in [0.29, 0.717) is 35.8 Å². The van der Waals surface area contributed by atoms with Gasteiger partial charge in [0, 0.05) is 12.6 Å². The molecule has 0 unspecified atom stereocenters. The van der Waals surface area contributed by atoms with Crippen molar-refractivity contribution in [3.8, 4) is 17.1 Å². The monoisotopic (exact) mass is 399 g/mol. The quantitative estimate of drug-likeness (QED) is 0.471. The first-order valence-electron chi connectivity index (χ1n) is 9.63. The third kappa shape index (κ3) is 3.43. The van der Waals surface area contributed by atoms with Gasteiger partial charge >= 0.3 is 0 Å². The van der Waals surface area contributed by atoms with Gasteiger partial charge in [0.15, 0.2) is 5.82 Å². The lowest BCUT2D eigenvalue weighted by atomic mass is 10.1. The number of hydrogen-bond donors (Lipinski definition) is 1. The molecule has 2 aromatic carbocycles. The lowest BCUT2D eigenvalue weighted by molar-refractivity contribution is 0.519. The molecular weight excluding hydrogens is 381 g/mol. The molecule has 0 bridgehead atoms. The van der Waals surface area contributed by atoms with Crippen molar-refractivity contribution in [2.45, 2.75) is 12.8 Å². The normalized spacial score (nSPS) is 11.2. The molecule has 30 heavy (non-hydrogen) atoms. The number of nitrogens with one attached hydrogen (secondary N) is 1. The van der Waals surface area contributed by atoms with Gasteiger partial charge in [-0.1, -0.05) is 30.3 Å². The zero-order valence-corrected chi connectivity index (χ0v) is 16.0. The zero-order valence-electron chi connectivity index (χ0n) is 16.0. The number of nitrogens with zero attached hydrogens (tertiary/aromatic N) is 2. The van der Waals surface area contributed by atoms with Crippen molar-refractivity contribution in [2.75, 3.05) is 0 Å². The molecule has 5 rings (SSSR count). The van der Waals surface area contributed by atoms with E-state index in [-0.39, 0.29) is 11.4 Å². The molecule has 1 aromatic heterocycles. The van der Waals surface area contributed by atoms with Gasteiger partial charge in [0.1, 0.15) is 17.3 Å². The van der Waals surface area contributed by atoms with Crippen LogP contribution >= 0.6 is 0 Å². The largest absolute Gasteiger partial charge is 0.469 e. The highest BCUT2D eigenvalue weighted by Gasteiger charge is 2.21. The number of furan rings is 1. The maximum Gasteiger partial charge on any atom is 0.278 e. The minimum atomic E-state index is -0.308. The topological polar surface area (TPSA) is 63.8 Å². The first-order valence-corrected chi connectivity index (χ1v) is 9.63. The molecule has 0 amide bonds. The van der Waals surface area contributed by atoms with Crippen LogP contribution in [0, 0.1) is 5.82 Å². The fourth-order valence-corrected chi connectivity index (χ4v) is 3.57. The Hall–Kier alpha value is -3.93. The Morgan fingerprint density at radius 1 is 0.967 bits per heavy atom. The number of rotatable bonds is 5. The highest BCUT2D eigenvalue weighted by atomic mass is 19.1. The van der Waals surface area contributed by atoms with E-state index in [1.807, 2.05) is 36.4 Å². The minimum absolute atomic E-state index is 0.187. The van der Waals surface area contributed by atoms with Crippen molar-refractivity contribution in [3.63, 3.8) is 0 Å². The maximum atomic E-state index is 13.4. The third-order valence-electron chi connectivity index (χ3n) is 5.05. The molecule has 148 valence electrons. The second kappa shape index (κ2) is 7.48. The van der Waals surface area contributed by atoms with E-state index in [1.165, 1.54) is 12.1 Å². The Morgan fingerprint density at radius 2 is 1.77 bits per heavy atom. The Morgan fingerprint density at radius 3 is 2.50 bits per heavy atom. The summed E-state index contributed by atoms with van der Waals surface area (Å²) in [6.07, 6.45) is 4.20. The van der Waals surface area contributed by atoms with Crippen LogP contribution in [0.25, 0.3) is 17.1 Å². The summed E-state index contributed by atoms with van der Waals surface area (Å²) in [5.74, 6) is 0.955. The van der Waals surface area contributed by atoms with Gasteiger partial charge in [0.25, 0.3) is 5.56 Å². The highest BCUT2D eigenvalue weighted by molar-refractivity contribution is 5.60. The summed E-state index contributed by atoms with van der Waals surface area (Å²) in [7, 11) is 0. The predicted molar refractivity (Wildman–Crippen MR) is 112 cm³/mol. The fraction of sp³-hybridized carbons (Fsp3) is 0.0833. The SMILES string of the molecule is O=c1c(Cc2ccco2)nc2c(Cc3ccccc3)[nH]c(-c3ccc(F)cc3)cn1-2. The first kappa shape index (κ1) is 18.1. The van der Waals surface area contributed by atoms with Crippen molar-refractivity contribution < 1.29 is 8.81 Å². The Bertz CT molecular complexity index is 1300. The van der Waals surface area contributed by atoms with Crippen LogP contribution in [0.1, 0.15) is 22.7 Å². The average molecular weight is 399 g/mol. The van der Waals surface area contributed by atoms with Gasteiger partial charge in [-0.05, 0) is 47.5 Å². The Kier molecular flexibility index (Phi) is 4.52. The van der Waals surface area contributed by atoms with E-state index < -0.39 is 0 Å². The number of imidazole rings is 1. The third-order valence-corrected chi connectivity index (χ3v) is 5.05. The van der Waals surface area contributed by atoms with Crippen molar-refractivity contribution in [3.05, 3.63) is 118 Å². The summed E-state index contributed by atoms with van der Waals surface area (Å²) >= 11 is 0. The number of H-pyrrole nitrogens is 1. The van der Waals surface area contributed by atoms with E-state index in [9.17, 15) is 9.18 Å². The molecule has 0 saturated heterocycles. The van der Waals surface area contributed by atoms with E-state index in [0.717, 1.165) is 16.8 Å². The van der Waals surface area contributed by atoms with Crippen molar-refractivity contribution in [1.82, 2.24) is 14.5 Å². The van der Waals surface area contributed by atoms with Crippen LogP contribution < -0.4 is 5.56 Å². The highest BCUT2D eigenvalue weighted by Crippen LogP contribution is 2.24. The summed E-state index contributed by atoms with van der Waals surface area (Å²) < 4.78 is 20.3. The van der Waals surface area contributed by atoms with Crippen LogP contribution in [0.4, 0.5) is 4.39 Å². The molecule has 0 fully saturated rings. The molecule has 6 heteroatoms. The molecule has 0 atom stereocenters. The number of hydrogen-bond acceptors (Lipinski definition) is 3. The average Bonchev–Trinajstić information content (AvgIpc) is 3.38. The van der Waals surface area contributed by atoms with Crippen LogP contribution in [0.3, 0.4) is 0 Å². The van der Waals surface area contributed by atoms with Gasteiger partial charge in [-0.3, -0.25) is 9.36 Å². The molecule has 0 aliphatic carbocycles. The molecule has 1 N–H and O–H groups in total. The molecule has 0 radical (unpaired) electrons. The molecule has 3 aromatic rings. The summed E-state index contributed by atoms with van der Waals surface area (Å²) in [4.78, 5) is 21.1. The van der Waals surface area contributed by atoms with Crippen LogP contribution in [-0.2, 0) is 12.8 Å². The maximum absolute atomic E-state index is 13.4. The van der Waals surface area contributed by atoms with E-state index >= 15 is 0 Å². The smallest absolute Gasteiger partial charge is 0.278 e. The molecular formula is C24H18FN3O2. The first-order chi connectivity index (χ1) is 14.7. The van der Waals surface area contributed by atoms with Crippen molar-refractivity contribution in [1.29, 1.82) is 0 Å². The summed E-state index contributed by atoms with van der Waals surface area (Å²) in [5, 5.41) is 0. The Labute approximate surface area is 171 Å². The fourth-order valence-electron chi connectivity index (χ4n) is 3.57. The molecule has 2 aliphatic heterocycles. The number of aromatic amines is 1. The zero-order chi connectivity index (χ0) is 20.5. The molecule has 3 heterocycles. The van der Waals surface area contributed by atoms with Crippen LogP contribution in [-0.4, -0.2) is 14.5 Å². The number of aromatic nitrogens is 3. The summed E-state index contributed by atoms with van der Waals surface area (Å²) in [6.45, 7) is 0. The van der Waals surface area contributed by atoms with Crippen molar-refractivity contribution in [2.24, 2.45) is 0 Å². The lowest BCUT2D eigenvalue weighted by Gasteiger charge is -2.13. The lowest BCUT2D eigenvalue weighted by Crippen LogP contribution is -2.17. The van der Waals surface area contributed by atoms with Gasteiger partial charge in [0.2, 0.25) is 0 Å². The minimum Gasteiger partial charge on any atom is -0.469 e. The second-order valence-electron chi connectivity index (χ2n) is 7.13. The number of fused-ring (bicyclic) bond motifs is 1. The van der Waals surface area contributed by atoms with E-state index in [4.69, 9.17) is 4.42 Å². The van der Waals surface area contributed by atoms with Gasteiger partial charge in [-0.2, -0.15) is 0 Å². The number of halogens is 1.